The van der Waals surface area contributed by atoms with E-state index in [-0.39, 0.29) is 36.8 Å². The number of carbonyl (C=O) groups is 1. The van der Waals surface area contributed by atoms with Crippen LogP contribution in [0.5, 0.6) is 5.75 Å². The van der Waals surface area contributed by atoms with Crippen molar-refractivity contribution in [2.75, 3.05) is 25.0 Å². The quantitative estimate of drug-likeness (QED) is 0.732. The second-order valence-electron chi connectivity index (χ2n) is 6.63. The van der Waals surface area contributed by atoms with E-state index in [1.807, 2.05) is 42.2 Å². The highest BCUT2D eigenvalue weighted by atomic mass is 35.5. The van der Waals surface area contributed by atoms with Gasteiger partial charge in [0, 0.05) is 24.5 Å². The number of nitrogens with two attached hydrogens (primary N) is 1. The molecule has 3 N–H and O–H groups in total. The van der Waals surface area contributed by atoms with E-state index in [0.29, 0.717) is 37.0 Å². The van der Waals surface area contributed by atoms with Crippen molar-refractivity contribution >= 4 is 42.2 Å². The lowest BCUT2D eigenvalue weighted by Gasteiger charge is -2.22. The zero-order valence-corrected chi connectivity index (χ0v) is 17.8. The Bertz CT molecular complexity index is 758. The Hall–Kier alpha value is -2.02. The molecule has 3 rings (SSSR count). The van der Waals surface area contributed by atoms with E-state index in [1.54, 1.807) is 12.3 Å². The van der Waals surface area contributed by atoms with Crippen LogP contribution in [0, 0.1) is 5.92 Å². The number of anilines is 2. The Kier molecular flexibility index (Phi) is 9.52. The van der Waals surface area contributed by atoms with Gasteiger partial charge in [0.2, 0.25) is 0 Å². The summed E-state index contributed by atoms with van der Waals surface area (Å²) in [7, 11) is 0. The third-order valence-corrected chi connectivity index (χ3v) is 4.72. The number of hydrogen-bond donors (Lipinski definition) is 2. The molecule has 28 heavy (non-hydrogen) atoms. The third-order valence-electron chi connectivity index (χ3n) is 4.72. The molecule has 1 aromatic heterocycles. The number of ether oxygens (including phenoxy) is 1. The molecule has 1 saturated heterocycles. The molecule has 0 saturated carbocycles. The molecule has 2 aromatic rings. The van der Waals surface area contributed by atoms with Gasteiger partial charge in [-0.15, -0.1) is 24.8 Å². The standard InChI is InChI=1S/C20H26N4O2.2ClH/c1-3-26-17-8-6-16(7-9-17)23-19-18(5-4-10-22-19)20(25)24-13-15(12-21)11-14(24)2;;/h4-10,14-15H,3,11-13,21H2,1-2H3,(H,22,23);2*1H. The number of carbonyl (C=O) groups excluding carboxylic acids is 1. The number of rotatable bonds is 6. The molecule has 0 bridgehead atoms. The summed E-state index contributed by atoms with van der Waals surface area (Å²) in [6.07, 6.45) is 2.63. The first kappa shape index (κ1) is 24.0. The highest BCUT2D eigenvalue weighted by molar-refractivity contribution is 5.99. The van der Waals surface area contributed by atoms with Gasteiger partial charge in [0.1, 0.15) is 11.6 Å². The Balaban J connectivity index is 0.00000196. The molecule has 2 unspecified atom stereocenters. The molecule has 2 heterocycles. The van der Waals surface area contributed by atoms with Crippen molar-refractivity contribution in [3.63, 3.8) is 0 Å². The zero-order valence-electron chi connectivity index (χ0n) is 16.1. The summed E-state index contributed by atoms with van der Waals surface area (Å²) >= 11 is 0. The van der Waals surface area contributed by atoms with Crippen LogP contribution in [-0.4, -0.2) is 41.5 Å². The fraction of sp³-hybridized carbons (Fsp3) is 0.400. The van der Waals surface area contributed by atoms with Crippen LogP contribution in [-0.2, 0) is 0 Å². The number of hydrogen-bond acceptors (Lipinski definition) is 5. The SMILES string of the molecule is CCOc1ccc(Nc2ncccc2C(=O)N2CC(CN)CC2C)cc1.Cl.Cl. The molecular formula is C20H28Cl2N4O2. The fourth-order valence-electron chi connectivity index (χ4n) is 3.37. The lowest BCUT2D eigenvalue weighted by Crippen LogP contribution is -2.34. The summed E-state index contributed by atoms with van der Waals surface area (Å²) in [5.74, 6) is 1.74. The van der Waals surface area contributed by atoms with Crippen LogP contribution in [0.1, 0.15) is 30.6 Å². The van der Waals surface area contributed by atoms with Crippen LogP contribution in [0.4, 0.5) is 11.5 Å². The van der Waals surface area contributed by atoms with Crippen molar-refractivity contribution in [2.45, 2.75) is 26.3 Å². The average molecular weight is 427 g/mol. The van der Waals surface area contributed by atoms with E-state index in [1.165, 1.54) is 0 Å². The first-order chi connectivity index (χ1) is 12.6. The number of pyridine rings is 1. The van der Waals surface area contributed by atoms with Crippen LogP contribution >= 0.6 is 24.8 Å². The Labute approximate surface area is 178 Å². The first-order valence-electron chi connectivity index (χ1n) is 9.08. The van der Waals surface area contributed by atoms with Gasteiger partial charge < -0.3 is 20.7 Å². The first-order valence-corrected chi connectivity index (χ1v) is 9.08. The number of aromatic nitrogens is 1. The topological polar surface area (TPSA) is 80.5 Å². The molecule has 1 aliphatic rings. The van der Waals surface area contributed by atoms with Gasteiger partial charge in [-0.05, 0) is 69.1 Å². The molecule has 8 heteroatoms. The second-order valence-corrected chi connectivity index (χ2v) is 6.63. The molecule has 1 amide bonds. The van der Waals surface area contributed by atoms with Crippen molar-refractivity contribution < 1.29 is 9.53 Å². The second kappa shape index (κ2) is 11.1. The molecule has 1 fully saturated rings. The maximum atomic E-state index is 13.1. The van der Waals surface area contributed by atoms with Crippen molar-refractivity contribution in [3.05, 3.63) is 48.2 Å². The molecule has 0 radical (unpaired) electrons. The van der Waals surface area contributed by atoms with Crippen LogP contribution in [0.3, 0.4) is 0 Å². The van der Waals surface area contributed by atoms with E-state index in [2.05, 4.69) is 17.2 Å². The summed E-state index contributed by atoms with van der Waals surface area (Å²) in [6, 6.07) is 11.4. The minimum atomic E-state index is -0.00464. The monoisotopic (exact) mass is 426 g/mol. The molecule has 154 valence electrons. The van der Waals surface area contributed by atoms with Crippen LogP contribution in [0.2, 0.25) is 0 Å². The predicted molar refractivity (Wildman–Crippen MR) is 117 cm³/mol. The Morgan fingerprint density at radius 2 is 2.00 bits per heavy atom. The third kappa shape index (κ3) is 5.50. The molecule has 2 atom stereocenters. The number of amides is 1. The number of halogens is 2. The van der Waals surface area contributed by atoms with E-state index in [9.17, 15) is 4.79 Å². The minimum absolute atomic E-state index is 0. The molecule has 0 spiro atoms. The van der Waals surface area contributed by atoms with Gasteiger partial charge in [-0.2, -0.15) is 0 Å². The van der Waals surface area contributed by atoms with Gasteiger partial charge in [0.15, 0.2) is 0 Å². The summed E-state index contributed by atoms with van der Waals surface area (Å²) in [5, 5.41) is 3.25. The summed E-state index contributed by atoms with van der Waals surface area (Å²) in [6.45, 7) is 5.96. The van der Waals surface area contributed by atoms with Crippen LogP contribution < -0.4 is 15.8 Å². The van der Waals surface area contributed by atoms with Crippen molar-refractivity contribution in [3.8, 4) is 5.75 Å². The molecule has 6 nitrogen and oxygen atoms in total. The minimum Gasteiger partial charge on any atom is -0.494 e. The van der Waals surface area contributed by atoms with Gasteiger partial charge >= 0.3 is 0 Å². The van der Waals surface area contributed by atoms with Crippen molar-refractivity contribution in [2.24, 2.45) is 11.7 Å². The number of nitrogens with one attached hydrogen (secondary N) is 1. The number of nitrogens with zero attached hydrogens (tertiary/aromatic N) is 2. The van der Waals surface area contributed by atoms with E-state index in [0.717, 1.165) is 17.9 Å². The van der Waals surface area contributed by atoms with Crippen molar-refractivity contribution in [1.29, 1.82) is 0 Å². The molecular weight excluding hydrogens is 399 g/mol. The maximum absolute atomic E-state index is 13.1. The summed E-state index contributed by atoms with van der Waals surface area (Å²) in [5.41, 5.74) is 7.22. The maximum Gasteiger partial charge on any atom is 0.257 e. The lowest BCUT2D eigenvalue weighted by molar-refractivity contribution is 0.0744. The predicted octanol–water partition coefficient (Wildman–Crippen LogP) is 3.88. The van der Waals surface area contributed by atoms with Gasteiger partial charge in [-0.3, -0.25) is 4.79 Å². The largest absolute Gasteiger partial charge is 0.494 e. The molecule has 1 aliphatic heterocycles. The highest BCUT2D eigenvalue weighted by Crippen LogP contribution is 2.27. The van der Waals surface area contributed by atoms with E-state index in [4.69, 9.17) is 10.5 Å². The van der Waals surface area contributed by atoms with Gasteiger partial charge in [0.05, 0.1) is 12.2 Å². The Morgan fingerprint density at radius 3 is 2.61 bits per heavy atom. The zero-order chi connectivity index (χ0) is 18.5. The fourth-order valence-corrected chi connectivity index (χ4v) is 3.37. The van der Waals surface area contributed by atoms with E-state index < -0.39 is 0 Å². The number of benzene rings is 1. The molecule has 0 aliphatic carbocycles. The van der Waals surface area contributed by atoms with Gasteiger partial charge in [-0.25, -0.2) is 4.98 Å². The summed E-state index contributed by atoms with van der Waals surface area (Å²) < 4.78 is 5.46. The smallest absolute Gasteiger partial charge is 0.257 e. The van der Waals surface area contributed by atoms with Gasteiger partial charge in [0.25, 0.3) is 5.91 Å². The normalized spacial score (nSPS) is 18.0. The summed E-state index contributed by atoms with van der Waals surface area (Å²) in [4.78, 5) is 19.3. The number of likely N-dealkylation sites (tertiary alicyclic amines) is 1. The average Bonchev–Trinajstić information content (AvgIpc) is 3.04. The van der Waals surface area contributed by atoms with Crippen LogP contribution in [0.15, 0.2) is 42.6 Å². The Morgan fingerprint density at radius 1 is 1.29 bits per heavy atom. The van der Waals surface area contributed by atoms with Gasteiger partial charge in [-0.1, -0.05) is 0 Å². The lowest BCUT2D eigenvalue weighted by atomic mass is 10.1. The molecule has 1 aromatic carbocycles. The van der Waals surface area contributed by atoms with Crippen LogP contribution in [0.25, 0.3) is 0 Å². The van der Waals surface area contributed by atoms with Crippen molar-refractivity contribution in [1.82, 2.24) is 9.88 Å². The van der Waals surface area contributed by atoms with E-state index >= 15 is 0 Å². The highest BCUT2D eigenvalue weighted by Gasteiger charge is 2.33.